The first kappa shape index (κ1) is 8.82. The van der Waals surface area contributed by atoms with Crippen LogP contribution in [0.3, 0.4) is 0 Å². The summed E-state index contributed by atoms with van der Waals surface area (Å²) < 4.78 is 0. The van der Waals surface area contributed by atoms with Crippen molar-refractivity contribution in [1.29, 1.82) is 0 Å². The number of unbranched alkanes of at least 4 members (excludes halogenated alkanes) is 1. The Morgan fingerprint density at radius 1 is 1.78 bits per heavy atom. The Labute approximate surface area is 60.7 Å². The number of aliphatic carboxylic acids is 1. The highest BCUT2D eigenvalue weighted by atomic mass is 32.1. The standard InChI is InChI=1S/C6H12O2S/c1-2-3-4-5(9)6(7)8/h5,9H,2-4H2,1H3,(H,7,8)/t5-/m0/s1. The van der Waals surface area contributed by atoms with Gasteiger partial charge < -0.3 is 5.11 Å². The van der Waals surface area contributed by atoms with Gasteiger partial charge in [-0.15, -0.1) is 0 Å². The van der Waals surface area contributed by atoms with Gasteiger partial charge in [-0.2, -0.15) is 12.6 Å². The number of carbonyl (C=O) groups is 1. The van der Waals surface area contributed by atoms with Crippen LogP contribution in [0, 0.1) is 0 Å². The number of carboxylic acid groups (broad SMARTS) is 1. The molecule has 0 fully saturated rings. The maximum atomic E-state index is 10.1. The van der Waals surface area contributed by atoms with Crippen LogP contribution in [0.4, 0.5) is 0 Å². The third kappa shape index (κ3) is 4.33. The largest absolute Gasteiger partial charge is 0.480 e. The summed E-state index contributed by atoms with van der Waals surface area (Å²) in [6, 6.07) is 0. The summed E-state index contributed by atoms with van der Waals surface area (Å²) in [7, 11) is 0. The zero-order chi connectivity index (χ0) is 7.28. The molecular weight excluding hydrogens is 136 g/mol. The van der Waals surface area contributed by atoms with Gasteiger partial charge in [-0.05, 0) is 6.42 Å². The van der Waals surface area contributed by atoms with Crippen molar-refractivity contribution in [3.8, 4) is 0 Å². The molecule has 0 aliphatic heterocycles. The summed E-state index contributed by atoms with van der Waals surface area (Å²) >= 11 is 3.86. The second kappa shape index (κ2) is 4.68. The zero-order valence-corrected chi connectivity index (χ0v) is 6.40. The fourth-order valence-corrected chi connectivity index (χ4v) is 0.704. The molecule has 3 heteroatoms. The molecule has 0 unspecified atom stereocenters. The lowest BCUT2D eigenvalue weighted by molar-refractivity contribution is -0.136. The summed E-state index contributed by atoms with van der Waals surface area (Å²) in [6.45, 7) is 2.03. The molecule has 2 nitrogen and oxygen atoms in total. The van der Waals surface area contributed by atoms with Crippen molar-refractivity contribution in [2.75, 3.05) is 0 Å². The monoisotopic (exact) mass is 148 g/mol. The molecule has 0 saturated carbocycles. The molecule has 0 aromatic rings. The van der Waals surface area contributed by atoms with Crippen LogP contribution in [0.1, 0.15) is 26.2 Å². The number of hydrogen-bond donors (Lipinski definition) is 2. The second-order valence-electron chi connectivity index (χ2n) is 2.00. The van der Waals surface area contributed by atoms with Crippen LogP contribution >= 0.6 is 12.6 Å². The van der Waals surface area contributed by atoms with Gasteiger partial charge in [0.15, 0.2) is 0 Å². The van der Waals surface area contributed by atoms with Crippen molar-refractivity contribution in [2.45, 2.75) is 31.4 Å². The normalized spacial score (nSPS) is 13.1. The molecule has 9 heavy (non-hydrogen) atoms. The highest BCUT2D eigenvalue weighted by Crippen LogP contribution is 2.05. The lowest BCUT2D eigenvalue weighted by Gasteiger charge is -2.01. The number of hydrogen-bond acceptors (Lipinski definition) is 2. The van der Waals surface area contributed by atoms with Gasteiger partial charge in [0.05, 0.1) is 5.25 Å². The topological polar surface area (TPSA) is 37.3 Å². The van der Waals surface area contributed by atoms with Crippen LogP contribution in [-0.2, 0) is 4.79 Å². The highest BCUT2D eigenvalue weighted by Gasteiger charge is 2.09. The smallest absolute Gasteiger partial charge is 0.316 e. The van der Waals surface area contributed by atoms with Crippen LogP contribution in [0.5, 0.6) is 0 Å². The Balaban J connectivity index is 3.27. The Kier molecular flexibility index (Phi) is 4.58. The molecule has 0 aliphatic carbocycles. The highest BCUT2D eigenvalue weighted by molar-refractivity contribution is 7.81. The Morgan fingerprint density at radius 2 is 2.33 bits per heavy atom. The van der Waals surface area contributed by atoms with E-state index in [1.165, 1.54) is 0 Å². The van der Waals surface area contributed by atoms with Gasteiger partial charge in [0.1, 0.15) is 0 Å². The SMILES string of the molecule is CCCC[C@H](S)C(=O)O. The van der Waals surface area contributed by atoms with Crippen molar-refractivity contribution >= 4 is 18.6 Å². The predicted octanol–water partition coefficient (Wildman–Crippen LogP) is 1.56. The van der Waals surface area contributed by atoms with E-state index in [1.807, 2.05) is 6.92 Å². The molecule has 0 rings (SSSR count). The van der Waals surface area contributed by atoms with E-state index < -0.39 is 11.2 Å². The van der Waals surface area contributed by atoms with Gasteiger partial charge in [-0.25, -0.2) is 0 Å². The van der Waals surface area contributed by atoms with Crippen molar-refractivity contribution in [3.63, 3.8) is 0 Å². The predicted molar refractivity (Wildman–Crippen MR) is 39.9 cm³/mol. The average molecular weight is 148 g/mol. The maximum Gasteiger partial charge on any atom is 0.316 e. The summed E-state index contributed by atoms with van der Waals surface area (Å²) in [5.41, 5.74) is 0. The number of rotatable bonds is 4. The van der Waals surface area contributed by atoms with Gasteiger partial charge in [-0.1, -0.05) is 19.8 Å². The van der Waals surface area contributed by atoms with Gasteiger partial charge in [0, 0.05) is 0 Å². The molecule has 0 aromatic heterocycles. The Morgan fingerprint density at radius 3 is 2.67 bits per heavy atom. The first-order valence-electron chi connectivity index (χ1n) is 3.09. The molecule has 0 saturated heterocycles. The molecule has 0 spiro atoms. The lowest BCUT2D eigenvalue weighted by atomic mass is 10.2. The quantitative estimate of drug-likeness (QED) is 0.594. The van der Waals surface area contributed by atoms with Crippen molar-refractivity contribution in [2.24, 2.45) is 0 Å². The van der Waals surface area contributed by atoms with Crippen LogP contribution in [0.25, 0.3) is 0 Å². The molecular formula is C6H12O2S. The average Bonchev–Trinajstić information content (AvgIpc) is 1.82. The summed E-state index contributed by atoms with van der Waals surface area (Å²) in [5.74, 6) is -0.813. The molecule has 0 aliphatic rings. The van der Waals surface area contributed by atoms with E-state index in [-0.39, 0.29) is 0 Å². The van der Waals surface area contributed by atoms with Crippen LogP contribution in [-0.4, -0.2) is 16.3 Å². The number of carboxylic acids is 1. The first-order chi connectivity index (χ1) is 4.18. The van der Waals surface area contributed by atoms with E-state index in [4.69, 9.17) is 5.11 Å². The lowest BCUT2D eigenvalue weighted by Crippen LogP contribution is -2.12. The van der Waals surface area contributed by atoms with E-state index in [0.29, 0.717) is 6.42 Å². The van der Waals surface area contributed by atoms with E-state index >= 15 is 0 Å². The van der Waals surface area contributed by atoms with Gasteiger partial charge in [0.25, 0.3) is 0 Å². The number of thiol groups is 1. The molecule has 1 atom stereocenters. The second-order valence-corrected chi connectivity index (χ2v) is 2.62. The van der Waals surface area contributed by atoms with E-state index in [0.717, 1.165) is 12.8 Å². The van der Waals surface area contributed by atoms with E-state index in [9.17, 15) is 4.79 Å². The summed E-state index contributed by atoms with van der Waals surface area (Å²) in [4.78, 5) is 10.1. The molecule has 0 radical (unpaired) electrons. The van der Waals surface area contributed by atoms with E-state index in [2.05, 4.69) is 12.6 Å². The van der Waals surface area contributed by atoms with Crippen molar-refractivity contribution in [1.82, 2.24) is 0 Å². The molecule has 54 valence electrons. The fraction of sp³-hybridized carbons (Fsp3) is 0.833. The zero-order valence-electron chi connectivity index (χ0n) is 5.50. The van der Waals surface area contributed by atoms with Gasteiger partial charge in [-0.3, -0.25) is 4.79 Å². The summed E-state index contributed by atoms with van der Waals surface area (Å²) in [5, 5.41) is 7.86. The molecule has 1 N–H and O–H groups in total. The third-order valence-corrected chi connectivity index (χ3v) is 1.60. The third-order valence-electron chi connectivity index (χ3n) is 1.12. The molecule has 0 amide bonds. The Bertz CT molecular complexity index is 93.1. The minimum Gasteiger partial charge on any atom is -0.480 e. The molecule has 0 bridgehead atoms. The summed E-state index contributed by atoms with van der Waals surface area (Å²) in [6.07, 6.45) is 2.65. The van der Waals surface area contributed by atoms with Crippen molar-refractivity contribution in [3.05, 3.63) is 0 Å². The molecule has 0 heterocycles. The minimum atomic E-state index is -0.813. The van der Waals surface area contributed by atoms with Gasteiger partial charge >= 0.3 is 5.97 Å². The molecule has 0 aromatic carbocycles. The van der Waals surface area contributed by atoms with Crippen LogP contribution in [0.15, 0.2) is 0 Å². The van der Waals surface area contributed by atoms with E-state index in [1.54, 1.807) is 0 Å². The van der Waals surface area contributed by atoms with Crippen molar-refractivity contribution < 1.29 is 9.90 Å². The first-order valence-corrected chi connectivity index (χ1v) is 3.61. The fourth-order valence-electron chi connectivity index (χ4n) is 0.521. The Hall–Kier alpha value is -0.180. The maximum absolute atomic E-state index is 10.1. The van der Waals surface area contributed by atoms with Crippen LogP contribution in [0.2, 0.25) is 0 Å². The van der Waals surface area contributed by atoms with Gasteiger partial charge in [0.2, 0.25) is 0 Å². The van der Waals surface area contributed by atoms with Crippen LogP contribution < -0.4 is 0 Å². The minimum absolute atomic E-state index is 0.468.